The molecule has 2 aromatic rings. The molecule has 0 saturated heterocycles. The van der Waals surface area contributed by atoms with Crippen molar-refractivity contribution in [2.45, 2.75) is 6.92 Å². The van der Waals surface area contributed by atoms with E-state index >= 15 is 0 Å². The molecule has 0 amide bonds. The summed E-state index contributed by atoms with van der Waals surface area (Å²) in [5.41, 5.74) is 6.49. The zero-order valence-corrected chi connectivity index (χ0v) is 11.6. The van der Waals surface area contributed by atoms with Crippen LogP contribution in [0.2, 0.25) is 0 Å². The van der Waals surface area contributed by atoms with Crippen LogP contribution in [0.4, 0.5) is 11.5 Å². The van der Waals surface area contributed by atoms with Crippen molar-refractivity contribution in [3.05, 3.63) is 23.8 Å². The van der Waals surface area contributed by atoms with E-state index in [1.54, 1.807) is 17.9 Å². The first kappa shape index (κ1) is 13.1. The normalized spacial score (nSPS) is 10.3. The van der Waals surface area contributed by atoms with Gasteiger partial charge in [0, 0.05) is 26.7 Å². The lowest BCUT2D eigenvalue weighted by atomic mass is 10.1. The van der Waals surface area contributed by atoms with Crippen LogP contribution in [-0.2, 0) is 0 Å². The Morgan fingerprint density at radius 1 is 1.16 bits per heavy atom. The van der Waals surface area contributed by atoms with E-state index in [2.05, 4.69) is 21.2 Å². The highest BCUT2D eigenvalue weighted by Gasteiger charge is 2.17. The van der Waals surface area contributed by atoms with Crippen molar-refractivity contribution in [3.63, 3.8) is 0 Å². The van der Waals surface area contributed by atoms with Gasteiger partial charge in [0.05, 0.1) is 0 Å². The molecule has 1 aromatic carbocycles. The molecule has 6 heteroatoms. The average molecular weight is 261 g/mol. The number of nitrogens with zero attached hydrogens (tertiary/aromatic N) is 2. The lowest BCUT2D eigenvalue weighted by Gasteiger charge is -2.07. The zero-order valence-electron chi connectivity index (χ0n) is 11.6. The van der Waals surface area contributed by atoms with E-state index in [0.717, 1.165) is 28.3 Å². The first-order valence-corrected chi connectivity index (χ1v) is 6.08. The molecule has 0 radical (unpaired) electrons. The molecule has 2 rings (SSSR count). The molecule has 6 nitrogen and oxygen atoms in total. The quantitative estimate of drug-likeness (QED) is 0.675. The standard InChI is InChI=1S/C13H19N5O/c1-8-7-9(5-6-10(8)19)11-12(14-2)13(15-3)18(16-4)17-11/h5-7,14-16,19H,1-4H3. The van der Waals surface area contributed by atoms with Gasteiger partial charge in [0.1, 0.15) is 17.1 Å². The van der Waals surface area contributed by atoms with Gasteiger partial charge in [-0.1, -0.05) is 0 Å². The van der Waals surface area contributed by atoms with E-state index in [9.17, 15) is 5.11 Å². The Labute approximate surface area is 112 Å². The highest BCUT2D eigenvalue weighted by molar-refractivity contribution is 5.83. The average Bonchev–Trinajstić information content (AvgIpc) is 2.79. The van der Waals surface area contributed by atoms with E-state index in [-0.39, 0.29) is 5.75 Å². The number of nitrogens with one attached hydrogen (secondary N) is 3. The van der Waals surface area contributed by atoms with E-state index in [0.29, 0.717) is 0 Å². The fourth-order valence-corrected chi connectivity index (χ4v) is 2.05. The second-order valence-corrected chi connectivity index (χ2v) is 4.21. The van der Waals surface area contributed by atoms with Gasteiger partial charge in [-0.2, -0.15) is 4.79 Å². The summed E-state index contributed by atoms with van der Waals surface area (Å²) < 4.78 is 0. The summed E-state index contributed by atoms with van der Waals surface area (Å²) >= 11 is 0. The predicted octanol–water partition coefficient (Wildman–Crippen LogP) is 1.82. The van der Waals surface area contributed by atoms with Crippen LogP contribution in [0.25, 0.3) is 11.3 Å². The maximum atomic E-state index is 9.60. The van der Waals surface area contributed by atoms with Gasteiger partial charge in [-0.15, -0.1) is 5.10 Å². The third kappa shape index (κ3) is 2.16. The van der Waals surface area contributed by atoms with Crippen LogP contribution < -0.4 is 16.1 Å². The fourth-order valence-electron chi connectivity index (χ4n) is 2.05. The molecule has 1 aromatic heterocycles. The molecule has 19 heavy (non-hydrogen) atoms. The molecule has 0 saturated carbocycles. The Balaban J connectivity index is 2.60. The number of rotatable bonds is 4. The molecule has 0 bridgehead atoms. The predicted molar refractivity (Wildman–Crippen MR) is 78.4 cm³/mol. The van der Waals surface area contributed by atoms with Crippen molar-refractivity contribution in [1.29, 1.82) is 0 Å². The molecule has 0 aliphatic heterocycles. The summed E-state index contributed by atoms with van der Waals surface area (Å²) in [5, 5.41) is 20.4. The van der Waals surface area contributed by atoms with E-state index < -0.39 is 0 Å². The number of phenols is 1. The monoisotopic (exact) mass is 261 g/mol. The van der Waals surface area contributed by atoms with Gasteiger partial charge in [0.2, 0.25) is 0 Å². The van der Waals surface area contributed by atoms with Crippen molar-refractivity contribution in [1.82, 2.24) is 9.89 Å². The summed E-state index contributed by atoms with van der Waals surface area (Å²) in [6.45, 7) is 1.87. The SMILES string of the molecule is CNc1c(-c2ccc(O)c(C)c2)nn(NC)c1NC. The van der Waals surface area contributed by atoms with Crippen LogP contribution in [0.15, 0.2) is 18.2 Å². The summed E-state index contributed by atoms with van der Waals surface area (Å²) in [6, 6.07) is 5.45. The van der Waals surface area contributed by atoms with Crippen LogP contribution in [0, 0.1) is 6.92 Å². The summed E-state index contributed by atoms with van der Waals surface area (Å²) in [6.07, 6.45) is 0. The smallest absolute Gasteiger partial charge is 0.171 e. The topological polar surface area (TPSA) is 74.1 Å². The molecule has 0 unspecified atom stereocenters. The Bertz CT molecular complexity index is 591. The second kappa shape index (κ2) is 5.09. The van der Waals surface area contributed by atoms with E-state index in [1.165, 1.54) is 0 Å². The molecule has 0 spiro atoms. The number of benzene rings is 1. The number of hydrogen-bond acceptors (Lipinski definition) is 5. The van der Waals surface area contributed by atoms with E-state index in [4.69, 9.17) is 0 Å². The number of phenolic OH excluding ortho intramolecular Hbond substituents is 1. The maximum Gasteiger partial charge on any atom is 0.171 e. The Hall–Kier alpha value is -2.37. The summed E-state index contributed by atoms with van der Waals surface area (Å²) in [5.74, 6) is 1.14. The van der Waals surface area contributed by atoms with Crippen molar-refractivity contribution < 1.29 is 5.11 Å². The Kier molecular flexibility index (Phi) is 3.50. The van der Waals surface area contributed by atoms with Gasteiger partial charge in [-0.25, -0.2) is 0 Å². The highest BCUT2D eigenvalue weighted by atomic mass is 16.3. The summed E-state index contributed by atoms with van der Waals surface area (Å²) in [7, 11) is 5.51. The number of aryl methyl sites for hydroxylation is 1. The van der Waals surface area contributed by atoms with Gasteiger partial charge in [0.15, 0.2) is 5.82 Å². The molecule has 1 heterocycles. The summed E-state index contributed by atoms with van der Waals surface area (Å²) in [4.78, 5) is 1.67. The van der Waals surface area contributed by atoms with Crippen LogP contribution >= 0.6 is 0 Å². The van der Waals surface area contributed by atoms with Crippen LogP contribution in [0.3, 0.4) is 0 Å². The van der Waals surface area contributed by atoms with Gasteiger partial charge >= 0.3 is 0 Å². The Morgan fingerprint density at radius 2 is 1.89 bits per heavy atom. The van der Waals surface area contributed by atoms with Crippen molar-refractivity contribution in [2.24, 2.45) is 0 Å². The number of aromatic nitrogens is 2. The van der Waals surface area contributed by atoms with Crippen molar-refractivity contribution in [2.75, 3.05) is 37.2 Å². The first-order valence-electron chi connectivity index (χ1n) is 6.08. The van der Waals surface area contributed by atoms with Gasteiger partial charge in [-0.05, 0) is 30.7 Å². The fraction of sp³-hybridized carbons (Fsp3) is 0.308. The lowest BCUT2D eigenvalue weighted by molar-refractivity contribution is 0.471. The minimum atomic E-state index is 0.289. The highest BCUT2D eigenvalue weighted by Crippen LogP contribution is 2.34. The van der Waals surface area contributed by atoms with Gasteiger partial charge in [-0.3, -0.25) is 0 Å². The van der Waals surface area contributed by atoms with Crippen LogP contribution in [0.1, 0.15) is 5.56 Å². The molecule has 4 N–H and O–H groups in total. The largest absolute Gasteiger partial charge is 0.508 e. The lowest BCUT2D eigenvalue weighted by Crippen LogP contribution is -2.13. The molecule has 0 aliphatic rings. The van der Waals surface area contributed by atoms with Crippen molar-refractivity contribution >= 4 is 11.5 Å². The van der Waals surface area contributed by atoms with Gasteiger partial charge < -0.3 is 21.2 Å². The minimum Gasteiger partial charge on any atom is -0.508 e. The molecule has 0 atom stereocenters. The van der Waals surface area contributed by atoms with Crippen molar-refractivity contribution in [3.8, 4) is 17.0 Å². The maximum absolute atomic E-state index is 9.60. The molecule has 102 valence electrons. The third-order valence-electron chi connectivity index (χ3n) is 3.05. The second-order valence-electron chi connectivity index (χ2n) is 4.21. The van der Waals surface area contributed by atoms with Gasteiger partial charge in [0.25, 0.3) is 0 Å². The third-order valence-corrected chi connectivity index (χ3v) is 3.05. The Morgan fingerprint density at radius 3 is 2.42 bits per heavy atom. The minimum absolute atomic E-state index is 0.289. The molecule has 0 fully saturated rings. The molecular formula is C13H19N5O. The van der Waals surface area contributed by atoms with Crippen LogP contribution in [0.5, 0.6) is 5.75 Å². The number of hydrogen-bond donors (Lipinski definition) is 4. The van der Waals surface area contributed by atoms with E-state index in [1.807, 2.05) is 33.2 Å². The number of anilines is 2. The molecule has 0 aliphatic carbocycles. The van der Waals surface area contributed by atoms with Crippen LogP contribution in [-0.4, -0.2) is 36.1 Å². The number of aromatic hydroxyl groups is 1. The first-order chi connectivity index (χ1) is 9.12. The zero-order chi connectivity index (χ0) is 14.0. The molecular weight excluding hydrogens is 242 g/mol.